The third kappa shape index (κ3) is 4.53. The number of allylic oxidation sites excluding steroid dienone is 1. The molecule has 1 N–H and O–H groups in total. The Kier molecular flexibility index (Phi) is 6.06. The van der Waals surface area contributed by atoms with E-state index in [1.54, 1.807) is 24.6 Å². The van der Waals surface area contributed by atoms with Crippen molar-refractivity contribution in [3.05, 3.63) is 96.4 Å². The number of nitrogens with zero attached hydrogens (tertiary/aromatic N) is 1. The maximum atomic E-state index is 12.7. The number of carbonyl (C=O) groups is 1. The fourth-order valence-corrected chi connectivity index (χ4v) is 4.29. The first-order chi connectivity index (χ1) is 17.0. The molecule has 0 aliphatic carbocycles. The van der Waals surface area contributed by atoms with Gasteiger partial charge in [-0.2, -0.15) is 0 Å². The molecule has 0 saturated heterocycles. The minimum Gasteiger partial charge on any atom is -0.493 e. The molecule has 35 heavy (non-hydrogen) atoms. The molecule has 0 unspecified atom stereocenters. The Morgan fingerprint density at radius 2 is 1.86 bits per heavy atom. The van der Waals surface area contributed by atoms with E-state index >= 15 is 0 Å². The molecule has 5 heteroatoms. The van der Waals surface area contributed by atoms with Crippen molar-refractivity contribution in [2.75, 3.05) is 11.9 Å². The van der Waals surface area contributed by atoms with Gasteiger partial charge in [-0.15, -0.1) is 0 Å². The second kappa shape index (κ2) is 9.47. The predicted octanol–water partition coefficient (Wildman–Crippen LogP) is 7.40. The highest BCUT2D eigenvalue weighted by Gasteiger charge is 2.16. The van der Waals surface area contributed by atoms with Gasteiger partial charge in [0.25, 0.3) is 0 Å². The zero-order valence-corrected chi connectivity index (χ0v) is 20.0. The average molecular weight is 463 g/mol. The molecule has 0 aliphatic rings. The Morgan fingerprint density at radius 3 is 2.66 bits per heavy atom. The Morgan fingerprint density at radius 1 is 1.03 bits per heavy atom. The van der Waals surface area contributed by atoms with E-state index in [-0.39, 0.29) is 5.91 Å². The Labute approximate surface area is 204 Å². The lowest BCUT2D eigenvalue weighted by molar-refractivity contribution is -0.111. The minimum absolute atomic E-state index is 0.247. The molecular weight excluding hydrogens is 436 g/mol. The van der Waals surface area contributed by atoms with Gasteiger partial charge in [-0.05, 0) is 60.4 Å². The number of rotatable bonds is 6. The summed E-state index contributed by atoms with van der Waals surface area (Å²) in [5.74, 6) is 0.940. The largest absolute Gasteiger partial charge is 0.493 e. The molecule has 0 atom stereocenters. The van der Waals surface area contributed by atoms with Crippen LogP contribution in [0.4, 0.5) is 5.82 Å². The van der Waals surface area contributed by atoms with Gasteiger partial charge < -0.3 is 14.5 Å². The van der Waals surface area contributed by atoms with Crippen LogP contribution < -0.4 is 10.1 Å². The molecule has 3 aromatic carbocycles. The summed E-state index contributed by atoms with van der Waals surface area (Å²) in [7, 11) is 0. The summed E-state index contributed by atoms with van der Waals surface area (Å²) in [6.07, 6.45) is 5.09. The van der Waals surface area contributed by atoms with Crippen molar-refractivity contribution < 1.29 is 13.9 Å². The van der Waals surface area contributed by atoms with Gasteiger partial charge in [0.2, 0.25) is 5.91 Å². The van der Waals surface area contributed by atoms with Crippen LogP contribution in [-0.2, 0) is 4.79 Å². The van der Waals surface area contributed by atoms with Crippen LogP contribution in [0.15, 0.2) is 89.7 Å². The SMILES string of the molecule is CCOc1cc2occ(-c3cccc4ccccc34)c2cc1/C(C)=C/C(=O)Nc1ccc(C)cn1. The molecule has 0 radical (unpaired) electrons. The van der Waals surface area contributed by atoms with Crippen LogP contribution in [-0.4, -0.2) is 17.5 Å². The van der Waals surface area contributed by atoms with E-state index in [9.17, 15) is 4.79 Å². The second-order valence-electron chi connectivity index (χ2n) is 8.49. The third-order valence-corrected chi connectivity index (χ3v) is 5.99. The van der Waals surface area contributed by atoms with E-state index in [1.807, 2.05) is 51.1 Å². The van der Waals surface area contributed by atoms with Crippen LogP contribution in [0.25, 0.3) is 38.4 Å². The van der Waals surface area contributed by atoms with Gasteiger partial charge in [0, 0.05) is 34.9 Å². The number of anilines is 1. The highest BCUT2D eigenvalue weighted by atomic mass is 16.5. The number of nitrogens with one attached hydrogen (secondary N) is 1. The van der Waals surface area contributed by atoms with E-state index < -0.39 is 0 Å². The molecule has 0 saturated carbocycles. The van der Waals surface area contributed by atoms with E-state index in [4.69, 9.17) is 9.15 Å². The predicted molar refractivity (Wildman–Crippen MR) is 142 cm³/mol. The number of hydrogen-bond acceptors (Lipinski definition) is 4. The zero-order valence-electron chi connectivity index (χ0n) is 20.0. The van der Waals surface area contributed by atoms with Crippen molar-refractivity contribution in [2.24, 2.45) is 0 Å². The Bertz CT molecular complexity index is 1560. The Balaban J connectivity index is 1.57. The fraction of sp³-hybridized carbons (Fsp3) is 0.133. The maximum absolute atomic E-state index is 12.7. The van der Waals surface area contributed by atoms with E-state index in [0.717, 1.165) is 44.2 Å². The number of pyridine rings is 1. The number of ether oxygens (including phenoxy) is 1. The van der Waals surface area contributed by atoms with Crippen LogP contribution >= 0.6 is 0 Å². The second-order valence-corrected chi connectivity index (χ2v) is 8.49. The average Bonchev–Trinajstić information content (AvgIpc) is 3.27. The molecule has 174 valence electrons. The molecule has 1 amide bonds. The number of aromatic nitrogens is 1. The molecule has 0 bridgehead atoms. The third-order valence-electron chi connectivity index (χ3n) is 5.99. The summed E-state index contributed by atoms with van der Waals surface area (Å²) in [6, 6.07) is 22.2. The molecule has 5 rings (SSSR count). The number of carbonyl (C=O) groups excluding carboxylic acids is 1. The fourth-order valence-electron chi connectivity index (χ4n) is 4.29. The van der Waals surface area contributed by atoms with Crippen LogP contribution in [0.3, 0.4) is 0 Å². The van der Waals surface area contributed by atoms with Crippen LogP contribution in [0.1, 0.15) is 25.0 Å². The van der Waals surface area contributed by atoms with Crippen LogP contribution in [0.5, 0.6) is 5.75 Å². The Hall–Kier alpha value is -4.38. The van der Waals surface area contributed by atoms with Gasteiger partial charge in [0.1, 0.15) is 17.2 Å². The normalized spacial score (nSPS) is 11.7. The lowest BCUT2D eigenvalue weighted by atomic mass is 9.96. The molecule has 0 fully saturated rings. The molecule has 5 nitrogen and oxygen atoms in total. The number of aryl methyl sites for hydroxylation is 1. The molecule has 2 aromatic heterocycles. The van der Waals surface area contributed by atoms with Gasteiger partial charge >= 0.3 is 0 Å². The van der Waals surface area contributed by atoms with E-state index in [1.165, 1.54) is 5.39 Å². The maximum Gasteiger partial charge on any atom is 0.249 e. The van der Waals surface area contributed by atoms with Crippen LogP contribution in [0, 0.1) is 6.92 Å². The van der Waals surface area contributed by atoms with Crippen molar-refractivity contribution in [1.29, 1.82) is 0 Å². The standard InChI is InChI=1S/C30H26N2O3/c1-4-34-27-16-28-25(26(18-35-28)23-11-7-9-21-8-5-6-10-22(21)23)15-24(27)20(3)14-30(33)32-29-13-12-19(2)17-31-29/h5-18H,4H2,1-3H3,(H,31,32,33)/b20-14+. The number of amides is 1. The molecule has 0 aliphatic heterocycles. The first-order valence-electron chi connectivity index (χ1n) is 11.6. The molecular formula is C30H26N2O3. The highest BCUT2D eigenvalue weighted by Crippen LogP contribution is 2.39. The first-order valence-corrected chi connectivity index (χ1v) is 11.6. The van der Waals surface area contributed by atoms with E-state index in [0.29, 0.717) is 18.2 Å². The summed E-state index contributed by atoms with van der Waals surface area (Å²) in [5.41, 5.74) is 5.50. The van der Waals surface area contributed by atoms with E-state index in [2.05, 4.69) is 40.6 Å². The lowest BCUT2D eigenvalue weighted by Crippen LogP contribution is -2.10. The highest BCUT2D eigenvalue weighted by molar-refractivity contribution is 6.07. The minimum atomic E-state index is -0.247. The van der Waals surface area contributed by atoms with Crippen molar-refractivity contribution in [2.45, 2.75) is 20.8 Å². The van der Waals surface area contributed by atoms with Gasteiger partial charge in [-0.25, -0.2) is 4.98 Å². The summed E-state index contributed by atoms with van der Waals surface area (Å²) in [5, 5.41) is 6.12. The van der Waals surface area contributed by atoms with Gasteiger partial charge in [-0.3, -0.25) is 4.79 Å². The smallest absolute Gasteiger partial charge is 0.249 e. The van der Waals surface area contributed by atoms with Crippen molar-refractivity contribution >= 4 is 39.0 Å². The summed E-state index contributed by atoms with van der Waals surface area (Å²) >= 11 is 0. The topological polar surface area (TPSA) is 64.4 Å². The zero-order chi connectivity index (χ0) is 24.4. The lowest BCUT2D eigenvalue weighted by Gasteiger charge is -2.12. The quantitative estimate of drug-likeness (QED) is 0.267. The number of hydrogen-bond donors (Lipinski definition) is 1. The van der Waals surface area contributed by atoms with Crippen molar-refractivity contribution in [3.8, 4) is 16.9 Å². The van der Waals surface area contributed by atoms with Gasteiger partial charge in [0.05, 0.1) is 12.9 Å². The van der Waals surface area contributed by atoms with Crippen molar-refractivity contribution in [3.63, 3.8) is 0 Å². The van der Waals surface area contributed by atoms with Gasteiger partial charge in [0.15, 0.2) is 0 Å². The number of benzene rings is 3. The number of fused-ring (bicyclic) bond motifs is 2. The summed E-state index contributed by atoms with van der Waals surface area (Å²) in [6.45, 7) is 6.30. The molecule has 5 aromatic rings. The summed E-state index contributed by atoms with van der Waals surface area (Å²) in [4.78, 5) is 17.0. The van der Waals surface area contributed by atoms with Gasteiger partial charge in [-0.1, -0.05) is 48.5 Å². The number of furan rings is 1. The molecule has 2 heterocycles. The first kappa shape index (κ1) is 22.4. The van der Waals surface area contributed by atoms with Crippen LogP contribution in [0.2, 0.25) is 0 Å². The van der Waals surface area contributed by atoms with Crippen molar-refractivity contribution in [1.82, 2.24) is 4.98 Å². The molecule has 0 spiro atoms. The summed E-state index contributed by atoms with van der Waals surface area (Å²) < 4.78 is 11.9. The monoisotopic (exact) mass is 462 g/mol.